The molecule has 0 atom stereocenters. The van der Waals surface area contributed by atoms with Crippen molar-refractivity contribution in [2.24, 2.45) is 0 Å². The summed E-state index contributed by atoms with van der Waals surface area (Å²) in [6.07, 6.45) is 5.82. The zero-order chi connectivity index (χ0) is 10.8. The first kappa shape index (κ1) is 17.6. The first-order valence-electron chi connectivity index (χ1n) is 5.06. The molecule has 0 unspecified atom stereocenters. The van der Waals surface area contributed by atoms with Crippen LogP contribution in [0.15, 0.2) is 0 Å². The molecule has 0 spiro atoms. The van der Waals surface area contributed by atoms with E-state index in [1.807, 2.05) is 0 Å². The molecule has 0 heterocycles. The van der Waals surface area contributed by atoms with Crippen molar-refractivity contribution in [3.8, 4) is 0 Å². The quantitative estimate of drug-likeness (QED) is 0.481. The Morgan fingerprint density at radius 1 is 0.733 bits per heavy atom. The molecule has 0 aliphatic rings. The van der Waals surface area contributed by atoms with Crippen molar-refractivity contribution >= 4 is 49.7 Å². The van der Waals surface area contributed by atoms with Crippen molar-refractivity contribution in [1.82, 2.24) is 0 Å². The largest absolute Gasteiger partial charge is 2.00 e. The molecule has 0 aliphatic carbocycles. The number of aliphatic carboxylic acids is 2. The van der Waals surface area contributed by atoms with Crippen LogP contribution in [0.4, 0.5) is 0 Å². The van der Waals surface area contributed by atoms with Crippen molar-refractivity contribution in [2.45, 2.75) is 51.4 Å². The number of unbranched alkanes of at least 4 members (excludes halogenated alkanes) is 5. The molecule has 86 valence electrons. The van der Waals surface area contributed by atoms with Gasteiger partial charge in [0.1, 0.15) is 0 Å². The monoisotopic (exact) mass is 244 g/mol. The molecular weight excluding hydrogens is 224 g/mol. The Labute approximate surface area is 123 Å². The molecule has 2 N–H and O–H groups in total. The maximum Gasteiger partial charge on any atom is 2.00 e. The van der Waals surface area contributed by atoms with Crippen LogP contribution in [0.1, 0.15) is 54.2 Å². The topological polar surface area (TPSA) is 74.6 Å². The zero-order valence-electron chi connectivity index (χ0n) is 11.1. The van der Waals surface area contributed by atoms with Crippen LogP contribution in [0.5, 0.6) is 0 Å². The predicted octanol–water partition coefficient (Wildman–Crippen LogP) is 2.12. The number of hydrogen-bond donors (Lipinski definition) is 2. The van der Waals surface area contributed by atoms with Crippen molar-refractivity contribution in [2.75, 3.05) is 0 Å². The molecule has 0 bridgehead atoms. The number of carbonyl (C=O) groups is 2. The second-order valence-corrected chi connectivity index (χ2v) is 3.41. The van der Waals surface area contributed by atoms with Gasteiger partial charge >= 0.3 is 49.7 Å². The Bertz CT molecular complexity index is 171. The maximum absolute atomic E-state index is 10.1. The number of carboxylic acids is 2. The van der Waals surface area contributed by atoms with Gasteiger partial charge in [0.25, 0.3) is 0 Å². The first-order chi connectivity index (χ1) is 6.63. The Morgan fingerprint density at radius 2 is 1.00 bits per heavy atom. The average molecular weight is 244 g/mol. The van der Waals surface area contributed by atoms with Gasteiger partial charge < -0.3 is 13.1 Å². The van der Waals surface area contributed by atoms with Gasteiger partial charge in [-0.05, 0) is 12.8 Å². The Morgan fingerprint density at radius 3 is 1.27 bits per heavy atom. The molecule has 0 aromatic carbocycles. The van der Waals surface area contributed by atoms with Crippen molar-refractivity contribution in [1.29, 1.82) is 0 Å². The third kappa shape index (κ3) is 16.8. The normalized spacial score (nSPS) is 9.33. The van der Waals surface area contributed by atoms with Crippen molar-refractivity contribution < 1.29 is 22.7 Å². The van der Waals surface area contributed by atoms with Crippen LogP contribution in [-0.4, -0.2) is 59.9 Å². The van der Waals surface area contributed by atoms with Crippen LogP contribution < -0.4 is 0 Å². The molecule has 0 fully saturated rings. The summed E-state index contributed by atoms with van der Waals surface area (Å²) in [5, 5.41) is 16.7. The SMILES string of the molecule is O=C(O)CCCCCCCCC(=O)O.[Ca+2].[H-].[H-]. The summed E-state index contributed by atoms with van der Waals surface area (Å²) in [5.41, 5.74) is 0. The minimum Gasteiger partial charge on any atom is -1.00 e. The Kier molecular flexibility index (Phi) is 14.4. The van der Waals surface area contributed by atoms with E-state index in [0.29, 0.717) is 0 Å². The standard InChI is InChI=1S/C10H18O4.Ca.2H/c11-9(12)7-5-3-1-2-4-6-8-10(13)14;;;/h1-8H2,(H,11,12)(H,13,14);;;/q;+2;2*-1. The van der Waals surface area contributed by atoms with Gasteiger partial charge in [0, 0.05) is 12.8 Å². The van der Waals surface area contributed by atoms with Gasteiger partial charge in [-0.3, -0.25) is 9.59 Å². The summed E-state index contributed by atoms with van der Waals surface area (Å²) >= 11 is 0. The summed E-state index contributed by atoms with van der Waals surface area (Å²) < 4.78 is 0. The Hall–Kier alpha value is 0.200. The van der Waals surface area contributed by atoms with Crippen LogP contribution in [0, 0.1) is 0 Å². The molecule has 4 nitrogen and oxygen atoms in total. The average Bonchev–Trinajstić information content (AvgIpc) is 2.08. The fraction of sp³-hybridized carbons (Fsp3) is 0.800. The van der Waals surface area contributed by atoms with E-state index in [9.17, 15) is 9.59 Å². The molecule has 0 aliphatic heterocycles. The minimum absolute atomic E-state index is 0. The van der Waals surface area contributed by atoms with Crippen LogP contribution in [0.2, 0.25) is 0 Å². The molecule has 0 amide bonds. The fourth-order valence-corrected chi connectivity index (χ4v) is 1.26. The van der Waals surface area contributed by atoms with Gasteiger partial charge in [0.2, 0.25) is 0 Å². The zero-order valence-corrected chi connectivity index (χ0v) is 11.3. The molecule has 0 aromatic heterocycles. The van der Waals surface area contributed by atoms with E-state index in [-0.39, 0.29) is 53.4 Å². The predicted molar refractivity (Wildman–Crippen MR) is 60.2 cm³/mol. The molecule has 0 saturated heterocycles. The summed E-state index contributed by atoms with van der Waals surface area (Å²) in [5.74, 6) is -1.48. The van der Waals surface area contributed by atoms with E-state index < -0.39 is 11.9 Å². The third-order valence-electron chi connectivity index (χ3n) is 2.03. The van der Waals surface area contributed by atoms with Gasteiger partial charge in [-0.25, -0.2) is 0 Å². The molecule has 0 saturated carbocycles. The minimum atomic E-state index is -0.740. The van der Waals surface area contributed by atoms with Crippen molar-refractivity contribution in [3.63, 3.8) is 0 Å². The van der Waals surface area contributed by atoms with E-state index in [0.717, 1.165) is 38.5 Å². The molecular formula is C10H20CaO4. The molecule has 15 heavy (non-hydrogen) atoms. The van der Waals surface area contributed by atoms with Gasteiger partial charge in [0.15, 0.2) is 0 Å². The number of rotatable bonds is 9. The summed E-state index contributed by atoms with van der Waals surface area (Å²) in [6.45, 7) is 0. The van der Waals surface area contributed by atoms with Gasteiger partial charge in [-0.15, -0.1) is 0 Å². The number of hydrogen-bond acceptors (Lipinski definition) is 2. The van der Waals surface area contributed by atoms with E-state index in [2.05, 4.69) is 0 Å². The van der Waals surface area contributed by atoms with Crippen molar-refractivity contribution in [3.05, 3.63) is 0 Å². The van der Waals surface area contributed by atoms with E-state index in [4.69, 9.17) is 10.2 Å². The summed E-state index contributed by atoms with van der Waals surface area (Å²) in [7, 11) is 0. The van der Waals surface area contributed by atoms with E-state index in [1.165, 1.54) is 0 Å². The second kappa shape index (κ2) is 12.3. The fourth-order valence-electron chi connectivity index (χ4n) is 1.26. The molecule has 0 rings (SSSR count). The molecule has 5 heteroatoms. The van der Waals surface area contributed by atoms with Crippen LogP contribution in [0.3, 0.4) is 0 Å². The maximum atomic E-state index is 10.1. The van der Waals surface area contributed by atoms with Gasteiger partial charge in [-0.1, -0.05) is 25.7 Å². The van der Waals surface area contributed by atoms with Crippen LogP contribution in [0.25, 0.3) is 0 Å². The van der Waals surface area contributed by atoms with Crippen LogP contribution >= 0.6 is 0 Å². The summed E-state index contributed by atoms with van der Waals surface area (Å²) in [6, 6.07) is 0. The van der Waals surface area contributed by atoms with Gasteiger partial charge in [0.05, 0.1) is 0 Å². The Balaban J connectivity index is -0.000000282. The third-order valence-corrected chi connectivity index (χ3v) is 2.03. The van der Waals surface area contributed by atoms with Crippen LogP contribution in [-0.2, 0) is 9.59 Å². The number of carboxylic acid groups (broad SMARTS) is 2. The molecule has 0 radical (unpaired) electrons. The summed E-state index contributed by atoms with van der Waals surface area (Å²) in [4.78, 5) is 20.3. The van der Waals surface area contributed by atoms with E-state index >= 15 is 0 Å². The van der Waals surface area contributed by atoms with Gasteiger partial charge in [-0.2, -0.15) is 0 Å². The van der Waals surface area contributed by atoms with E-state index in [1.54, 1.807) is 0 Å². The molecule has 0 aromatic rings. The first-order valence-corrected chi connectivity index (χ1v) is 5.06. The smallest absolute Gasteiger partial charge is 1.00 e. The second-order valence-electron chi connectivity index (χ2n) is 3.41.